The molecule has 0 aliphatic rings. The van der Waals surface area contributed by atoms with Gasteiger partial charge in [0.05, 0.1) is 19.3 Å². The van der Waals surface area contributed by atoms with E-state index >= 15 is 0 Å². The van der Waals surface area contributed by atoms with Gasteiger partial charge in [0, 0.05) is 6.61 Å². The van der Waals surface area contributed by atoms with Gasteiger partial charge in [0.2, 0.25) is 0 Å². The Bertz CT molecular complexity index is 710. The molecule has 0 N–H and O–H groups in total. The second-order valence-electron chi connectivity index (χ2n) is 5.58. The lowest BCUT2D eigenvalue weighted by Gasteiger charge is -2.16. The summed E-state index contributed by atoms with van der Waals surface area (Å²) < 4.78 is 11.5. The summed E-state index contributed by atoms with van der Waals surface area (Å²) in [7, 11) is 0. The number of hydrogen-bond acceptors (Lipinski definition) is 2. The van der Waals surface area contributed by atoms with Crippen molar-refractivity contribution in [3.63, 3.8) is 0 Å². The Morgan fingerprint density at radius 2 is 1.50 bits per heavy atom. The Morgan fingerprint density at radius 3 is 2.09 bits per heavy atom. The summed E-state index contributed by atoms with van der Waals surface area (Å²) in [5.41, 5.74) is 1.26. The first-order valence-electron chi connectivity index (χ1n) is 7.88. The SMILES string of the molecule is CCOCC(C)OCc1c2ccccc2cc2ccccc12. The molecule has 3 aromatic rings. The molecule has 0 aromatic heterocycles. The maximum Gasteiger partial charge on any atom is 0.0785 e. The quantitative estimate of drug-likeness (QED) is 0.600. The average Bonchev–Trinajstić information content (AvgIpc) is 2.56. The third-order valence-corrected chi connectivity index (χ3v) is 3.95. The number of fused-ring (bicyclic) bond motifs is 2. The lowest BCUT2D eigenvalue weighted by Crippen LogP contribution is -2.16. The normalized spacial score (nSPS) is 12.8. The molecule has 1 atom stereocenters. The Morgan fingerprint density at radius 1 is 0.909 bits per heavy atom. The van der Waals surface area contributed by atoms with Crippen LogP contribution < -0.4 is 0 Å². The van der Waals surface area contributed by atoms with E-state index in [1.165, 1.54) is 27.1 Å². The van der Waals surface area contributed by atoms with Crippen molar-refractivity contribution >= 4 is 21.5 Å². The van der Waals surface area contributed by atoms with Crippen LogP contribution >= 0.6 is 0 Å². The second kappa shape index (κ2) is 6.91. The van der Waals surface area contributed by atoms with E-state index in [2.05, 4.69) is 61.5 Å². The second-order valence-corrected chi connectivity index (χ2v) is 5.58. The van der Waals surface area contributed by atoms with E-state index in [0.29, 0.717) is 13.2 Å². The highest BCUT2D eigenvalue weighted by molar-refractivity contribution is 6.02. The van der Waals surface area contributed by atoms with E-state index < -0.39 is 0 Å². The zero-order valence-electron chi connectivity index (χ0n) is 13.2. The average molecular weight is 294 g/mol. The van der Waals surface area contributed by atoms with Gasteiger partial charge >= 0.3 is 0 Å². The molecular formula is C20H22O2. The summed E-state index contributed by atoms with van der Waals surface area (Å²) in [6.07, 6.45) is 0.0951. The molecule has 0 radical (unpaired) electrons. The molecule has 0 spiro atoms. The van der Waals surface area contributed by atoms with Crippen LogP contribution in [0.25, 0.3) is 21.5 Å². The van der Waals surface area contributed by atoms with Gasteiger partial charge in [-0.3, -0.25) is 0 Å². The minimum Gasteiger partial charge on any atom is -0.379 e. The number of hydrogen-bond donors (Lipinski definition) is 0. The van der Waals surface area contributed by atoms with Crippen LogP contribution in [0.3, 0.4) is 0 Å². The van der Waals surface area contributed by atoms with Gasteiger partial charge in [-0.2, -0.15) is 0 Å². The predicted octanol–water partition coefficient (Wildman–Crippen LogP) is 4.93. The molecule has 114 valence electrons. The van der Waals surface area contributed by atoms with Gasteiger partial charge < -0.3 is 9.47 Å². The third kappa shape index (κ3) is 3.13. The molecular weight excluding hydrogens is 272 g/mol. The molecule has 3 aromatic carbocycles. The molecule has 0 aliphatic heterocycles. The monoisotopic (exact) mass is 294 g/mol. The van der Waals surface area contributed by atoms with Crippen molar-refractivity contribution in [2.75, 3.05) is 13.2 Å². The number of rotatable bonds is 6. The van der Waals surface area contributed by atoms with Gasteiger partial charge in [-0.25, -0.2) is 0 Å². The first-order chi connectivity index (χ1) is 10.8. The van der Waals surface area contributed by atoms with Crippen molar-refractivity contribution in [3.8, 4) is 0 Å². The van der Waals surface area contributed by atoms with Crippen LogP contribution in [0, 0.1) is 0 Å². The van der Waals surface area contributed by atoms with E-state index in [4.69, 9.17) is 9.47 Å². The molecule has 0 saturated heterocycles. The molecule has 0 amide bonds. The molecule has 0 aliphatic carbocycles. The van der Waals surface area contributed by atoms with Crippen LogP contribution in [-0.4, -0.2) is 19.3 Å². The van der Waals surface area contributed by atoms with Crippen molar-refractivity contribution in [2.24, 2.45) is 0 Å². The zero-order valence-corrected chi connectivity index (χ0v) is 13.2. The third-order valence-electron chi connectivity index (χ3n) is 3.95. The van der Waals surface area contributed by atoms with Gasteiger partial charge in [0.15, 0.2) is 0 Å². The van der Waals surface area contributed by atoms with E-state index in [-0.39, 0.29) is 6.10 Å². The van der Waals surface area contributed by atoms with Crippen LogP contribution in [-0.2, 0) is 16.1 Å². The topological polar surface area (TPSA) is 18.5 Å². The van der Waals surface area contributed by atoms with Gasteiger partial charge in [-0.15, -0.1) is 0 Å². The molecule has 0 saturated carbocycles. The molecule has 2 nitrogen and oxygen atoms in total. The van der Waals surface area contributed by atoms with E-state index in [1.807, 2.05) is 6.92 Å². The molecule has 1 unspecified atom stereocenters. The predicted molar refractivity (Wildman–Crippen MR) is 92.2 cm³/mol. The molecule has 22 heavy (non-hydrogen) atoms. The summed E-state index contributed by atoms with van der Waals surface area (Å²) in [4.78, 5) is 0. The molecule has 2 heteroatoms. The number of benzene rings is 3. The van der Waals surface area contributed by atoms with Crippen molar-refractivity contribution in [3.05, 3.63) is 60.2 Å². The van der Waals surface area contributed by atoms with Crippen LogP contribution in [0.4, 0.5) is 0 Å². The van der Waals surface area contributed by atoms with Gasteiger partial charge in [0.25, 0.3) is 0 Å². The number of ether oxygens (including phenoxy) is 2. The van der Waals surface area contributed by atoms with Crippen LogP contribution in [0.1, 0.15) is 19.4 Å². The van der Waals surface area contributed by atoms with E-state index in [1.54, 1.807) is 0 Å². The van der Waals surface area contributed by atoms with Crippen molar-refractivity contribution < 1.29 is 9.47 Å². The van der Waals surface area contributed by atoms with Crippen LogP contribution in [0.2, 0.25) is 0 Å². The lowest BCUT2D eigenvalue weighted by molar-refractivity contribution is -0.0109. The summed E-state index contributed by atoms with van der Waals surface area (Å²) in [5, 5.41) is 5.06. The summed E-state index contributed by atoms with van der Waals surface area (Å²) in [6, 6.07) is 19.3. The van der Waals surface area contributed by atoms with Crippen molar-refractivity contribution in [2.45, 2.75) is 26.6 Å². The fraction of sp³-hybridized carbons (Fsp3) is 0.300. The summed E-state index contributed by atoms with van der Waals surface area (Å²) >= 11 is 0. The fourth-order valence-electron chi connectivity index (χ4n) is 2.82. The lowest BCUT2D eigenvalue weighted by atomic mass is 9.97. The Labute approximate surface area is 131 Å². The van der Waals surface area contributed by atoms with Crippen LogP contribution in [0.15, 0.2) is 54.6 Å². The Kier molecular flexibility index (Phi) is 4.71. The van der Waals surface area contributed by atoms with E-state index in [9.17, 15) is 0 Å². The van der Waals surface area contributed by atoms with E-state index in [0.717, 1.165) is 6.61 Å². The Balaban J connectivity index is 1.97. The molecule has 0 bridgehead atoms. The molecule has 3 rings (SSSR count). The molecule has 0 heterocycles. The maximum atomic E-state index is 6.02. The van der Waals surface area contributed by atoms with Gasteiger partial charge in [-0.05, 0) is 47.0 Å². The maximum absolute atomic E-state index is 6.02. The van der Waals surface area contributed by atoms with Gasteiger partial charge in [-0.1, -0.05) is 48.5 Å². The minimum absolute atomic E-state index is 0.0951. The highest BCUT2D eigenvalue weighted by Gasteiger charge is 2.09. The zero-order chi connectivity index (χ0) is 15.4. The summed E-state index contributed by atoms with van der Waals surface area (Å²) in [5.74, 6) is 0. The Hall–Kier alpha value is -1.90. The minimum atomic E-state index is 0.0951. The van der Waals surface area contributed by atoms with Crippen molar-refractivity contribution in [1.82, 2.24) is 0 Å². The smallest absolute Gasteiger partial charge is 0.0785 e. The summed E-state index contributed by atoms with van der Waals surface area (Å²) in [6.45, 7) is 6.04. The van der Waals surface area contributed by atoms with Gasteiger partial charge in [0.1, 0.15) is 0 Å². The highest BCUT2D eigenvalue weighted by atomic mass is 16.5. The largest absolute Gasteiger partial charge is 0.379 e. The van der Waals surface area contributed by atoms with Crippen LogP contribution in [0.5, 0.6) is 0 Å². The fourth-order valence-corrected chi connectivity index (χ4v) is 2.82. The molecule has 0 fully saturated rings. The first kappa shape index (κ1) is 15.0. The highest BCUT2D eigenvalue weighted by Crippen LogP contribution is 2.29. The first-order valence-corrected chi connectivity index (χ1v) is 7.88. The van der Waals surface area contributed by atoms with Crippen molar-refractivity contribution in [1.29, 1.82) is 0 Å². The standard InChI is InChI=1S/C20H22O2/c1-3-21-13-15(2)22-14-20-18-10-6-4-8-16(18)12-17-9-5-7-11-19(17)20/h4-12,15H,3,13-14H2,1-2H3.